The number of hydrogen-bond donors (Lipinski definition) is 2. The number of nitrogens with one attached hydrogen (secondary N) is 1. The predicted octanol–water partition coefficient (Wildman–Crippen LogP) is 1.69. The Morgan fingerprint density at radius 3 is 2.50 bits per heavy atom. The number of rotatable bonds is 3. The lowest BCUT2D eigenvalue weighted by atomic mass is 10.1. The van der Waals surface area contributed by atoms with Crippen LogP contribution in [0.5, 0.6) is 0 Å². The molecule has 1 aromatic carbocycles. The lowest BCUT2D eigenvalue weighted by Crippen LogP contribution is -2.21. The molecule has 0 spiro atoms. The maximum atomic E-state index is 7.87. The molecular formula is C13H16N4O. The van der Waals surface area contributed by atoms with Gasteiger partial charge in [-0.15, -0.1) is 0 Å². The third-order valence-corrected chi connectivity index (χ3v) is 2.66. The zero-order chi connectivity index (χ0) is 13.1. The Morgan fingerprint density at radius 2 is 2.00 bits per heavy atom. The largest absolute Gasteiger partial charge is 0.363 e. The Balaban J connectivity index is 2.24. The normalized spacial score (nSPS) is 10.4. The van der Waals surface area contributed by atoms with Crippen molar-refractivity contribution >= 4 is 5.84 Å². The molecule has 3 N–H and O–H groups in total. The summed E-state index contributed by atoms with van der Waals surface area (Å²) in [7, 11) is 3.70. The van der Waals surface area contributed by atoms with E-state index in [9.17, 15) is 0 Å². The summed E-state index contributed by atoms with van der Waals surface area (Å²) in [6.07, 6.45) is 0. The van der Waals surface area contributed by atoms with Crippen LogP contribution in [0, 0.1) is 5.41 Å². The lowest BCUT2D eigenvalue weighted by Gasteiger charge is -2.13. The highest BCUT2D eigenvalue weighted by Gasteiger charge is 2.07. The summed E-state index contributed by atoms with van der Waals surface area (Å²) < 4.78 is 5.06. The SMILES string of the molecule is CN(C)C(=N)c1ccc(-c2cc(CN)on2)cc1. The van der Waals surface area contributed by atoms with Crippen molar-refractivity contribution in [1.82, 2.24) is 10.1 Å². The third kappa shape index (κ3) is 2.41. The summed E-state index contributed by atoms with van der Waals surface area (Å²) in [5.74, 6) is 1.14. The van der Waals surface area contributed by atoms with Gasteiger partial charge in [-0.3, -0.25) is 5.41 Å². The van der Waals surface area contributed by atoms with E-state index in [0.29, 0.717) is 18.1 Å². The second-order valence-corrected chi connectivity index (χ2v) is 4.20. The smallest absolute Gasteiger partial charge is 0.150 e. The molecule has 2 aromatic rings. The zero-order valence-corrected chi connectivity index (χ0v) is 10.5. The van der Waals surface area contributed by atoms with Crippen molar-refractivity contribution < 1.29 is 4.52 Å². The quantitative estimate of drug-likeness (QED) is 0.636. The highest BCUT2D eigenvalue weighted by Crippen LogP contribution is 2.19. The number of nitrogens with zero attached hydrogens (tertiary/aromatic N) is 2. The molecule has 94 valence electrons. The van der Waals surface area contributed by atoms with Gasteiger partial charge in [-0.1, -0.05) is 29.4 Å². The molecule has 0 radical (unpaired) electrons. The molecule has 0 saturated heterocycles. The fraction of sp³-hybridized carbons (Fsp3) is 0.231. The Bertz CT molecular complexity index is 542. The first-order valence-corrected chi connectivity index (χ1v) is 5.64. The van der Waals surface area contributed by atoms with Gasteiger partial charge in [0.15, 0.2) is 5.76 Å². The predicted molar refractivity (Wildman–Crippen MR) is 70.3 cm³/mol. The molecule has 2 rings (SSSR count). The first-order chi connectivity index (χ1) is 8.61. The molecule has 0 amide bonds. The standard InChI is InChI=1S/C13H16N4O/c1-17(2)13(15)10-5-3-9(4-6-10)12-7-11(8-14)18-16-12/h3-7,15H,8,14H2,1-2H3. The molecule has 1 heterocycles. The van der Waals surface area contributed by atoms with Crippen LogP contribution in [0.1, 0.15) is 11.3 Å². The second kappa shape index (κ2) is 5.01. The van der Waals surface area contributed by atoms with Crippen molar-refractivity contribution in [3.8, 4) is 11.3 Å². The van der Waals surface area contributed by atoms with Gasteiger partial charge < -0.3 is 15.2 Å². The molecule has 0 aliphatic carbocycles. The van der Waals surface area contributed by atoms with Crippen molar-refractivity contribution in [3.63, 3.8) is 0 Å². The van der Waals surface area contributed by atoms with E-state index in [0.717, 1.165) is 16.8 Å². The summed E-state index contributed by atoms with van der Waals surface area (Å²) in [6.45, 7) is 0.344. The minimum atomic E-state index is 0.344. The maximum Gasteiger partial charge on any atom is 0.150 e. The van der Waals surface area contributed by atoms with Crippen LogP contribution in [0.4, 0.5) is 0 Å². The van der Waals surface area contributed by atoms with E-state index in [-0.39, 0.29) is 0 Å². The summed E-state index contributed by atoms with van der Waals surface area (Å²) >= 11 is 0. The van der Waals surface area contributed by atoms with Gasteiger partial charge in [-0.25, -0.2) is 0 Å². The second-order valence-electron chi connectivity index (χ2n) is 4.20. The molecule has 1 aromatic heterocycles. The Kier molecular flexibility index (Phi) is 3.43. The van der Waals surface area contributed by atoms with Crippen molar-refractivity contribution in [1.29, 1.82) is 5.41 Å². The highest BCUT2D eigenvalue weighted by molar-refractivity contribution is 5.96. The van der Waals surface area contributed by atoms with Gasteiger partial charge in [0, 0.05) is 31.3 Å². The molecule has 5 heteroatoms. The van der Waals surface area contributed by atoms with E-state index in [2.05, 4.69) is 5.16 Å². The van der Waals surface area contributed by atoms with E-state index in [1.165, 1.54) is 0 Å². The van der Waals surface area contributed by atoms with E-state index in [1.807, 2.05) is 44.4 Å². The molecule has 0 unspecified atom stereocenters. The molecule has 18 heavy (non-hydrogen) atoms. The van der Waals surface area contributed by atoms with Crippen LogP contribution in [0.15, 0.2) is 34.9 Å². The molecular weight excluding hydrogens is 228 g/mol. The maximum absolute atomic E-state index is 7.87. The summed E-state index contributed by atoms with van der Waals surface area (Å²) in [6, 6.07) is 9.46. The average Bonchev–Trinajstić information content (AvgIpc) is 2.86. The van der Waals surface area contributed by atoms with Gasteiger partial charge in [0.2, 0.25) is 0 Å². The monoisotopic (exact) mass is 244 g/mol. The fourth-order valence-electron chi connectivity index (χ4n) is 1.60. The number of hydrogen-bond acceptors (Lipinski definition) is 4. The number of aromatic nitrogens is 1. The first kappa shape index (κ1) is 12.3. The van der Waals surface area contributed by atoms with Crippen molar-refractivity contribution in [2.75, 3.05) is 14.1 Å². The van der Waals surface area contributed by atoms with E-state index in [4.69, 9.17) is 15.7 Å². The molecule has 0 aliphatic heterocycles. The van der Waals surface area contributed by atoms with Gasteiger partial charge in [-0.2, -0.15) is 0 Å². The van der Waals surface area contributed by atoms with Gasteiger partial charge in [0.25, 0.3) is 0 Å². The highest BCUT2D eigenvalue weighted by atomic mass is 16.5. The average molecular weight is 244 g/mol. The van der Waals surface area contributed by atoms with E-state index >= 15 is 0 Å². The molecule has 0 atom stereocenters. The Morgan fingerprint density at radius 1 is 1.33 bits per heavy atom. The van der Waals surface area contributed by atoms with Gasteiger partial charge in [-0.05, 0) is 0 Å². The zero-order valence-electron chi connectivity index (χ0n) is 10.5. The minimum absolute atomic E-state index is 0.344. The third-order valence-electron chi connectivity index (χ3n) is 2.66. The Hall–Kier alpha value is -2.14. The minimum Gasteiger partial charge on any atom is -0.363 e. The van der Waals surface area contributed by atoms with Crippen molar-refractivity contribution in [3.05, 3.63) is 41.7 Å². The Labute approximate surface area is 106 Å². The molecule has 0 aliphatic rings. The molecule has 0 saturated carbocycles. The van der Waals surface area contributed by atoms with Gasteiger partial charge in [0.1, 0.15) is 11.5 Å². The van der Waals surface area contributed by atoms with Crippen LogP contribution >= 0.6 is 0 Å². The summed E-state index contributed by atoms with van der Waals surface area (Å²) in [4.78, 5) is 1.76. The van der Waals surface area contributed by atoms with Gasteiger partial charge in [0.05, 0.1) is 6.54 Å². The van der Waals surface area contributed by atoms with Gasteiger partial charge >= 0.3 is 0 Å². The fourth-order valence-corrected chi connectivity index (χ4v) is 1.60. The summed E-state index contributed by atoms with van der Waals surface area (Å²) in [5.41, 5.74) is 8.05. The lowest BCUT2D eigenvalue weighted by molar-refractivity contribution is 0.387. The van der Waals surface area contributed by atoms with Crippen LogP contribution < -0.4 is 5.73 Å². The number of amidine groups is 1. The molecule has 5 nitrogen and oxygen atoms in total. The van der Waals surface area contributed by atoms with Crippen LogP contribution in [-0.4, -0.2) is 30.0 Å². The summed E-state index contributed by atoms with van der Waals surface area (Å²) in [5, 5.41) is 11.8. The van der Waals surface area contributed by atoms with Crippen molar-refractivity contribution in [2.45, 2.75) is 6.54 Å². The molecule has 0 fully saturated rings. The van der Waals surface area contributed by atoms with Crippen LogP contribution in [0.3, 0.4) is 0 Å². The first-order valence-electron chi connectivity index (χ1n) is 5.64. The van der Waals surface area contributed by atoms with Crippen LogP contribution in [-0.2, 0) is 6.54 Å². The molecule has 0 bridgehead atoms. The van der Waals surface area contributed by atoms with Crippen LogP contribution in [0.2, 0.25) is 0 Å². The number of nitrogens with two attached hydrogens (primary N) is 1. The van der Waals surface area contributed by atoms with Crippen molar-refractivity contribution in [2.24, 2.45) is 5.73 Å². The van der Waals surface area contributed by atoms with E-state index in [1.54, 1.807) is 4.90 Å². The van der Waals surface area contributed by atoms with E-state index < -0.39 is 0 Å². The van der Waals surface area contributed by atoms with Crippen LogP contribution in [0.25, 0.3) is 11.3 Å². The number of benzene rings is 1. The topological polar surface area (TPSA) is 79.1 Å².